The maximum absolute atomic E-state index is 12.4. The van der Waals surface area contributed by atoms with E-state index in [4.69, 9.17) is 9.47 Å². The molecular formula is C23H46N2O3. The zero-order valence-corrected chi connectivity index (χ0v) is 19.4. The first-order chi connectivity index (χ1) is 13.3. The molecule has 1 atom stereocenters. The first-order valence-corrected chi connectivity index (χ1v) is 11.5. The maximum atomic E-state index is 12.4. The number of nitrogens with one attached hydrogen (secondary N) is 1. The fourth-order valence-corrected chi connectivity index (χ4v) is 3.85. The van der Waals surface area contributed by atoms with Gasteiger partial charge in [0.2, 0.25) is 5.91 Å². The van der Waals surface area contributed by atoms with Gasteiger partial charge in [0.15, 0.2) is 0 Å². The first-order valence-electron chi connectivity index (χ1n) is 11.5. The van der Waals surface area contributed by atoms with Crippen molar-refractivity contribution in [3.05, 3.63) is 0 Å². The minimum absolute atomic E-state index is 0.0745. The Morgan fingerprint density at radius 2 is 1.86 bits per heavy atom. The molecule has 1 rings (SSSR count). The fraction of sp³-hybridized carbons (Fsp3) is 0.957. The number of rotatable bonds is 14. The molecule has 5 nitrogen and oxygen atoms in total. The van der Waals surface area contributed by atoms with Crippen LogP contribution in [-0.4, -0.2) is 62.9 Å². The number of hydrogen-bond donors (Lipinski definition) is 1. The summed E-state index contributed by atoms with van der Waals surface area (Å²) < 4.78 is 11.7. The maximum Gasteiger partial charge on any atom is 0.226 e. The van der Waals surface area contributed by atoms with Crippen molar-refractivity contribution < 1.29 is 14.3 Å². The molecule has 1 saturated heterocycles. The quantitative estimate of drug-likeness (QED) is 0.444. The van der Waals surface area contributed by atoms with Gasteiger partial charge < -0.3 is 14.8 Å². The summed E-state index contributed by atoms with van der Waals surface area (Å²) in [6, 6.07) is 0. The molecule has 166 valence electrons. The molecule has 0 aromatic carbocycles. The molecule has 1 aliphatic heterocycles. The van der Waals surface area contributed by atoms with E-state index in [1.807, 2.05) is 6.92 Å². The molecule has 0 saturated carbocycles. The minimum Gasteiger partial charge on any atom is -0.380 e. The van der Waals surface area contributed by atoms with E-state index in [1.165, 1.54) is 19.3 Å². The molecule has 1 N–H and O–H groups in total. The van der Waals surface area contributed by atoms with Crippen LogP contribution in [0.1, 0.15) is 80.1 Å². The van der Waals surface area contributed by atoms with E-state index in [0.29, 0.717) is 12.0 Å². The Morgan fingerprint density at radius 3 is 2.50 bits per heavy atom. The average molecular weight is 399 g/mol. The van der Waals surface area contributed by atoms with Crippen molar-refractivity contribution in [2.24, 2.45) is 10.8 Å². The average Bonchev–Trinajstić information content (AvgIpc) is 2.68. The molecule has 5 heteroatoms. The van der Waals surface area contributed by atoms with Gasteiger partial charge in [0.25, 0.3) is 0 Å². The Kier molecular flexibility index (Phi) is 11.6. The van der Waals surface area contributed by atoms with Crippen molar-refractivity contribution in [3.63, 3.8) is 0 Å². The van der Waals surface area contributed by atoms with Crippen LogP contribution in [0.2, 0.25) is 0 Å². The number of carbonyl (C=O) groups excluding carboxylic acids is 1. The molecule has 1 aliphatic rings. The lowest BCUT2D eigenvalue weighted by Crippen LogP contribution is -2.50. The van der Waals surface area contributed by atoms with Crippen LogP contribution in [0.3, 0.4) is 0 Å². The van der Waals surface area contributed by atoms with Gasteiger partial charge in [-0.2, -0.15) is 0 Å². The van der Waals surface area contributed by atoms with E-state index in [-0.39, 0.29) is 17.4 Å². The predicted octanol–water partition coefficient (Wildman–Crippen LogP) is 4.25. The van der Waals surface area contributed by atoms with Crippen molar-refractivity contribution in [2.75, 3.05) is 46.0 Å². The highest BCUT2D eigenvalue weighted by Crippen LogP contribution is 2.28. The molecule has 0 aromatic rings. The monoisotopic (exact) mass is 398 g/mol. The summed E-state index contributed by atoms with van der Waals surface area (Å²) >= 11 is 0. The Morgan fingerprint density at radius 1 is 1.14 bits per heavy atom. The van der Waals surface area contributed by atoms with E-state index >= 15 is 0 Å². The van der Waals surface area contributed by atoms with Crippen LogP contribution in [0.5, 0.6) is 0 Å². The SMILES string of the molecule is CCCC(C)(C)CCCOCCN1CCO[C@H](CNC(=O)C(C)(CC)CC)C1. The molecule has 0 bridgehead atoms. The molecule has 0 aromatic heterocycles. The Hall–Kier alpha value is -0.650. The van der Waals surface area contributed by atoms with Gasteiger partial charge >= 0.3 is 0 Å². The summed E-state index contributed by atoms with van der Waals surface area (Å²) in [7, 11) is 0. The highest BCUT2D eigenvalue weighted by atomic mass is 16.5. The van der Waals surface area contributed by atoms with Gasteiger partial charge in [0.05, 0.1) is 19.3 Å². The smallest absolute Gasteiger partial charge is 0.226 e. The molecule has 0 aliphatic carbocycles. The Labute approximate surface area is 173 Å². The number of amides is 1. The molecule has 1 amide bonds. The second-order valence-electron chi connectivity index (χ2n) is 9.40. The van der Waals surface area contributed by atoms with Gasteiger partial charge in [0, 0.05) is 38.2 Å². The summed E-state index contributed by atoms with van der Waals surface area (Å²) in [6.45, 7) is 18.8. The fourth-order valence-electron chi connectivity index (χ4n) is 3.85. The van der Waals surface area contributed by atoms with Crippen molar-refractivity contribution in [1.82, 2.24) is 10.2 Å². The van der Waals surface area contributed by atoms with Gasteiger partial charge in [-0.05, 0) is 37.5 Å². The largest absolute Gasteiger partial charge is 0.380 e. The topological polar surface area (TPSA) is 50.8 Å². The molecule has 1 fully saturated rings. The van der Waals surface area contributed by atoms with Crippen molar-refractivity contribution in [1.29, 1.82) is 0 Å². The zero-order valence-electron chi connectivity index (χ0n) is 19.4. The summed E-state index contributed by atoms with van der Waals surface area (Å²) in [5.74, 6) is 0.146. The molecule has 0 unspecified atom stereocenters. The summed E-state index contributed by atoms with van der Waals surface area (Å²) in [5.41, 5.74) is 0.166. The number of ether oxygens (including phenoxy) is 2. The van der Waals surface area contributed by atoms with Crippen molar-refractivity contribution in [2.45, 2.75) is 86.2 Å². The van der Waals surface area contributed by atoms with Crippen LogP contribution in [0, 0.1) is 10.8 Å². The number of carbonyl (C=O) groups is 1. The van der Waals surface area contributed by atoms with E-state index in [9.17, 15) is 4.79 Å². The predicted molar refractivity (Wildman–Crippen MR) is 117 cm³/mol. The van der Waals surface area contributed by atoms with Gasteiger partial charge in [-0.25, -0.2) is 0 Å². The number of morpholine rings is 1. The Balaban J connectivity index is 2.19. The Bertz CT molecular complexity index is 436. The van der Waals surface area contributed by atoms with Crippen LogP contribution in [0.4, 0.5) is 0 Å². The summed E-state index contributed by atoms with van der Waals surface area (Å²) in [5, 5.41) is 3.10. The highest BCUT2D eigenvalue weighted by molar-refractivity contribution is 5.82. The first kappa shape index (κ1) is 25.4. The van der Waals surface area contributed by atoms with Crippen LogP contribution in [0.25, 0.3) is 0 Å². The zero-order chi connectivity index (χ0) is 21.0. The molecule has 28 heavy (non-hydrogen) atoms. The van der Waals surface area contributed by atoms with Gasteiger partial charge in [-0.15, -0.1) is 0 Å². The lowest BCUT2D eigenvalue weighted by Gasteiger charge is -2.34. The third kappa shape index (κ3) is 9.23. The summed E-state index contributed by atoms with van der Waals surface area (Å²) in [4.78, 5) is 14.8. The van der Waals surface area contributed by atoms with Gasteiger partial charge in [-0.3, -0.25) is 9.69 Å². The molecule has 0 radical (unpaired) electrons. The van der Waals surface area contributed by atoms with Crippen LogP contribution in [0.15, 0.2) is 0 Å². The van der Waals surface area contributed by atoms with Crippen molar-refractivity contribution >= 4 is 5.91 Å². The van der Waals surface area contributed by atoms with E-state index < -0.39 is 0 Å². The van der Waals surface area contributed by atoms with E-state index in [1.54, 1.807) is 0 Å². The number of hydrogen-bond acceptors (Lipinski definition) is 4. The molecule has 0 spiro atoms. The molecule has 1 heterocycles. The van der Waals surface area contributed by atoms with Crippen LogP contribution in [-0.2, 0) is 14.3 Å². The van der Waals surface area contributed by atoms with Crippen LogP contribution < -0.4 is 5.32 Å². The normalized spacial score (nSPS) is 19.0. The van der Waals surface area contributed by atoms with E-state index in [0.717, 1.165) is 58.7 Å². The lowest BCUT2D eigenvalue weighted by molar-refractivity contribution is -0.131. The lowest BCUT2D eigenvalue weighted by atomic mass is 9.83. The van der Waals surface area contributed by atoms with Crippen LogP contribution >= 0.6 is 0 Å². The van der Waals surface area contributed by atoms with E-state index in [2.05, 4.69) is 44.8 Å². The highest BCUT2D eigenvalue weighted by Gasteiger charge is 2.30. The third-order valence-corrected chi connectivity index (χ3v) is 6.44. The number of nitrogens with zero attached hydrogens (tertiary/aromatic N) is 1. The summed E-state index contributed by atoms with van der Waals surface area (Å²) in [6.07, 6.45) is 6.70. The minimum atomic E-state index is -0.270. The molecular weight excluding hydrogens is 352 g/mol. The standard InChI is InChI=1S/C23H46N2O3/c1-7-11-22(4,5)12-10-15-27-16-13-25-14-17-28-20(19-25)18-24-21(26)23(6,8-2)9-3/h20H,7-19H2,1-6H3,(H,24,26)/t20-/m1/s1. The van der Waals surface area contributed by atoms with Gasteiger partial charge in [-0.1, -0.05) is 48.0 Å². The third-order valence-electron chi connectivity index (χ3n) is 6.44. The van der Waals surface area contributed by atoms with Gasteiger partial charge in [0.1, 0.15) is 0 Å². The second-order valence-corrected chi connectivity index (χ2v) is 9.40. The van der Waals surface area contributed by atoms with Crippen molar-refractivity contribution in [3.8, 4) is 0 Å². The second kappa shape index (κ2) is 12.8.